The number of hydrogen-bond acceptors (Lipinski definition) is 6. The Morgan fingerprint density at radius 2 is 1.79 bits per heavy atom. The molecule has 0 aliphatic carbocycles. The molecular formula is C18H18O6. The van der Waals surface area contributed by atoms with E-state index in [4.69, 9.17) is 14.2 Å². The number of hydrogen-bond donors (Lipinski definition) is 1. The molecule has 0 atom stereocenters. The van der Waals surface area contributed by atoms with Crippen molar-refractivity contribution in [1.29, 1.82) is 0 Å². The second kappa shape index (κ2) is 7.50. The quantitative estimate of drug-likeness (QED) is 0.648. The van der Waals surface area contributed by atoms with Crippen LogP contribution in [-0.2, 0) is 4.74 Å². The average Bonchev–Trinajstić information content (AvgIpc) is 2.60. The van der Waals surface area contributed by atoms with Crippen LogP contribution in [0.2, 0.25) is 0 Å². The monoisotopic (exact) mass is 330 g/mol. The van der Waals surface area contributed by atoms with Crippen LogP contribution in [0.5, 0.6) is 17.2 Å². The Labute approximate surface area is 139 Å². The van der Waals surface area contributed by atoms with Gasteiger partial charge in [-0.3, -0.25) is 4.79 Å². The smallest absolute Gasteiger partial charge is 0.338 e. The van der Waals surface area contributed by atoms with Crippen LogP contribution in [0, 0.1) is 6.92 Å². The molecule has 24 heavy (non-hydrogen) atoms. The number of aryl methyl sites for hydroxylation is 1. The third-order valence-electron chi connectivity index (χ3n) is 3.49. The number of aromatic hydroxyl groups is 1. The van der Waals surface area contributed by atoms with E-state index in [9.17, 15) is 14.7 Å². The molecule has 0 saturated heterocycles. The topological polar surface area (TPSA) is 82.1 Å². The fourth-order valence-electron chi connectivity index (χ4n) is 2.06. The molecule has 0 radical (unpaired) electrons. The molecule has 0 aliphatic heterocycles. The molecule has 0 unspecified atom stereocenters. The van der Waals surface area contributed by atoms with Crippen LogP contribution in [0.3, 0.4) is 0 Å². The molecule has 1 N–H and O–H groups in total. The highest BCUT2D eigenvalue weighted by Crippen LogP contribution is 2.24. The number of esters is 1. The molecule has 0 saturated carbocycles. The zero-order valence-corrected chi connectivity index (χ0v) is 13.7. The first-order valence-electron chi connectivity index (χ1n) is 7.18. The van der Waals surface area contributed by atoms with Crippen molar-refractivity contribution in [2.24, 2.45) is 0 Å². The first kappa shape index (κ1) is 17.3. The van der Waals surface area contributed by atoms with Gasteiger partial charge in [0.1, 0.15) is 17.2 Å². The average molecular weight is 330 g/mol. The lowest BCUT2D eigenvalue weighted by molar-refractivity contribution is 0.0473. The molecule has 2 aromatic carbocycles. The summed E-state index contributed by atoms with van der Waals surface area (Å²) in [6, 6.07) is 9.20. The summed E-state index contributed by atoms with van der Waals surface area (Å²) >= 11 is 0. The van der Waals surface area contributed by atoms with E-state index in [-0.39, 0.29) is 16.9 Å². The Balaban J connectivity index is 2.10. The van der Waals surface area contributed by atoms with Crippen molar-refractivity contribution in [3.8, 4) is 17.2 Å². The van der Waals surface area contributed by atoms with Gasteiger partial charge in [0.05, 0.1) is 25.3 Å². The Morgan fingerprint density at radius 3 is 2.42 bits per heavy atom. The summed E-state index contributed by atoms with van der Waals surface area (Å²) in [7, 11) is 2.93. The predicted molar refractivity (Wildman–Crippen MR) is 87.0 cm³/mol. The van der Waals surface area contributed by atoms with Crippen LogP contribution in [-0.4, -0.2) is 37.7 Å². The Hall–Kier alpha value is -3.02. The molecule has 0 aromatic heterocycles. The SMILES string of the molecule is COc1ccc(OC)c(C(=O)COC(=O)c2ccc(C)c(O)c2)c1. The van der Waals surface area contributed by atoms with Crippen LogP contribution >= 0.6 is 0 Å². The van der Waals surface area contributed by atoms with Gasteiger partial charge in [-0.2, -0.15) is 0 Å². The first-order chi connectivity index (χ1) is 11.5. The van der Waals surface area contributed by atoms with Gasteiger partial charge < -0.3 is 19.3 Å². The summed E-state index contributed by atoms with van der Waals surface area (Å²) in [6.45, 7) is 1.26. The maximum atomic E-state index is 12.3. The van der Waals surface area contributed by atoms with Crippen molar-refractivity contribution >= 4 is 11.8 Å². The fourth-order valence-corrected chi connectivity index (χ4v) is 2.06. The molecule has 6 heteroatoms. The van der Waals surface area contributed by atoms with Crippen molar-refractivity contribution < 1.29 is 28.9 Å². The van der Waals surface area contributed by atoms with Crippen molar-refractivity contribution in [3.05, 3.63) is 53.1 Å². The minimum Gasteiger partial charge on any atom is -0.508 e. The van der Waals surface area contributed by atoms with E-state index in [0.717, 1.165) is 0 Å². The highest BCUT2D eigenvalue weighted by Gasteiger charge is 2.17. The molecule has 0 bridgehead atoms. The minimum atomic E-state index is -0.694. The highest BCUT2D eigenvalue weighted by atomic mass is 16.5. The van der Waals surface area contributed by atoms with Gasteiger partial charge in [0.25, 0.3) is 0 Å². The number of benzene rings is 2. The number of carbonyl (C=O) groups is 2. The van der Waals surface area contributed by atoms with Gasteiger partial charge in [-0.15, -0.1) is 0 Å². The van der Waals surface area contributed by atoms with Gasteiger partial charge in [-0.25, -0.2) is 4.79 Å². The number of ether oxygens (including phenoxy) is 3. The Morgan fingerprint density at radius 1 is 1.04 bits per heavy atom. The molecule has 0 spiro atoms. The maximum absolute atomic E-state index is 12.3. The number of phenolic OH excluding ortho intramolecular Hbond substituents is 1. The van der Waals surface area contributed by atoms with Gasteiger partial charge in [0, 0.05) is 0 Å². The van der Waals surface area contributed by atoms with E-state index in [2.05, 4.69) is 0 Å². The van der Waals surface area contributed by atoms with Gasteiger partial charge in [-0.1, -0.05) is 6.07 Å². The minimum absolute atomic E-state index is 0.00904. The molecule has 2 aromatic rings. The van der Waals surface area contributed by atoms with E-state index in [1.54, 1.807) is 25.1 Å². The van der Waals surface area contributed by atoms with E-state index in [0.29, 0.717) is 17.1 Å². The summed E-state index contributed by atoms with van der Waals surface area (Å²) in [5.41, 5.74) is 1.07. The number of rotatable bonds is 6. The largest absolute Gasteiger partial charge is 0.508 e. The highest BCUT2D eigenvalue weighted by molar-refractivity contribution is 6.01. The molecule has 126 valence electrons. The van der Waals surface area contributed by atoms with Crippen LogP contribution in [0.4, 0.5) is 0 Å². The zero-order valence-electron chi connectivity index (χ0n) is 13.7. The number of ketones is 1. The number of carbonyl (C=O) groups excluding carboxylic acids is 2. The fraction of sp³-hybridized carbons (Fsp3) is 0.222. The normalized spacial score (nSPS) is 10.1. The van der Waals surface area contributed by atoms with Gasteiger partial charge in [0.15, 0.2) is 6.61 Å². The molecule has 0 amide bonds. The van der Waals surface area contributed by atoms with Gasteiger partial charge in [-0.05, 0) is 42.8 Å². The molecule has 2 rings (SSSR count). The van der Waals surface area contributed by atoms with Crippen LogP contribution < -0.4 is 9.47 Å². The van der Waals surface area contributed by atoms with Crippen LogP contribution in [0.15, 0.2) is 36.4 Å². The lowest BCUT2D eigenvalue weighted by atomic mass is 10.1. The predicted octanol–water partition coefficient (Wildman–Crippen LogP) is 2.76. The Bertz CT molecular complexity index is 766. The van der Waals surface area contributed by atoms with Crippen molar-refractivity contribution in [1.82, 2.24) is 0 Å². The van der Waals surface area contributed by atoms with Gasteiger partial charge in [0.2, 0.25) is 5.78 Å². The molecule has 6 nitrogen and oxygen atoms in total. The van der Waals surface area contributed by atoms with Crippen molar-refractivity contribution in [3.63, 3.8) is 0 Å². The van der Waals surface area contributed by atoms with Gasteiger partial charge >= 0.3 is 5.97 Å². The lowest BCUT2D eigenvalue weighted by Gasteiger charge is -2.10. The van der Waals surface area contributed by atoms with Crippen molar-refractivity contribution in [2.75, 3.05) is 20.8 Å². The summed E-state index contributed by atoms with van der Waals surface area (Å²) in [5.74, 6) is -0.264. The Kier molecular flexibility index (Phi) is 5.42. The number of methoxy groups -OCH3 is 2. The third-order valence-corrected chi connectivity index (χ3v) is 3.49. The lowest BCUT2D eigenvalue weighted by Crippen LogP contribution is -2.15. The summed E-state index contributed by atoms with van der Waals surface area (Å²) < 4.78 is 15.2. The summed E-state index contributed by atoms with van der Waals surface area (Å²) in [4.78, 5) is 24.3. The first-order valence-corrected chi connectivity index (χ1v) is 7.18. The second-order valence-corrected chi connectivity index (χ2v) is 5.07. The second-order valence-electron chi connectivity index (χ2n) is 5.07. The molecule has 0 heterocycles. The van der Waals surface area contributed by atoms with E-state index < -0.39 is 18.4 Å². The van der Waals surface area contributed by atoms with E-state index in [1.165, 1.54) is 32.4 Å². The summed E-state index contributed by atoms with van der Waals surface area (Å²) in [5, 5.41) is 9.63. The molecular weight excluding hydrogens is 312 g/mol. The van der Waals surface area contributed by atoms with Crippen LogP contribution in [0.1, 0.15) is 26.3 Å². The number of Topliss-reactive ketones (excluding diaryl/α,β-unsaturated/α-hetero) is 1. The maximum Gasteiger partial charge on any atom is 0.338 e. The zero-order chi connectivity index (χ0) is 17.7. The summed E-state index contributed by atoms with van der Waals surface area (Å²) in [6.07, 6.45) is 0. The standard InChI is InChI=1S/C18H18O6/c1-11-4-5-12(8-15(11)19)18(21)24-10-16(20)14-9-13(22-2)6-7-17(14)23-3/h4-9,19H,10H2,1-3H3. The van der Waals surface area contributed by atoms with E-state index >= 15 is 0 Å². The van der Waals surface area contributed by atoms with E-state index in [1.807, 2.05) is 0 Å². The third kappa shape index (κ3) is 3.84. The molecule has 0 fully saturated rings. The molecule has 0 aliphatic rings. The number of phenols is 1. The van der Waals surface area contributed by atoms with Crippen LogP contribution in [0.25, 0.3) is 0 Å². The van der Waals surface area contributed by atoms with Crippen molar-refractivity contribution in [2.45, 2.75) is 6.92 Å².